The molecule has 0 aromatic heterocycles. The third-order valence-corrected chi connectivity index (χ3v) is 3.14. The normalized spacial score (nSPS) is 10.1. The van der Waals surface area contributed by atoms with Crippen LogP contribution in [0.3, 0.4) is 0 Å². The Labute approximate surface area is 105 Å². The summed E-state index contributed by atoms with van der Waals surface area (Å²) in [6, 6.07) is 7.59. The van der Waals surface area contributed by atoms with E-state index in [-0.39, 0.29) is 5.91 Å². The number of hydrogen-bond donors (Lipinski definition) is 2. The maximum atomic E-state index is 11.2. The number of carbonyl (C=O) groups is 1. The molecule has 0 radical (unpaired) electrons. The molecule has 0 fully saturated rings. The molecule has 0 atom stereocenters. The van der Waals surface area contributed by atoms with Crippen LogP contribution in [0.4, 0.5) is 0 Å². The number of thioether (sulfide) groups is 1. The number of rotatable bonds is 6. The summed E-state index contributed by atoms with van der Waals surface area (Å²) in [5.74, 6) is 0.810. The number of amides is 1. The van der Waals surface area contributed by atoms with Gasteiger partial charge in [0.05, 0.1) is 0 Å². The van der Waals surface area contributed by atoms with Gasteiger partial charge >= 0.3 is 0 Å². The van der Waals surface area contributed by atoms with Crippen LogP contribution in [-0.4, -0.2) is 24.7 Å². The smallest absolute Gasteiger partial charge is 0.220 e. The number of halogens is 1. The highest BCUT2D eigenvalue weighted by atomic mass is 35.5. The van der Waals surface area contributed by atoms with E-state index in [2.05, 4.69) is 5.32 Å². The lowest BCUT2D eigenvalue weighted by Gasteiger charge is -2.03. The molecule has 0 unspecified atom stereocenters. The van der Waals surface area contributed by atoms with Gasteiger partial charge in [-0.1, -0.05) is 11.6 Å². The summed E-state index contributed by atoms with van der Waals surface area (Å²) in [6.45, 7) is 1.03. The van der Waals surface area contributed by atoms with E-state index in [4.69, 9.17) is 17.3 Å². The van der Waals surface area contributed by atoms with Gasteiger partial charge in [0.25, 0.3) is 0 Å². The summed E-state index contributed by atoms with van der Waals surface area (Å²) in [7, 11) is 0. The monoisotopic (exact) mass is 258 g/mol. The number of carbonyl (C=O) groups excluding carboxylic acids is 1. The SMILES string of the molecule is NCCNC(=O)CCSc1ccc(Cl)cc1. The average Bonchev–Trinajstić information content (AvgIpc) is 2.29. The zero-order valence-electron chi connectivity index (χ0n) is 8.91. The van der Waals surface area contributed by atoms with Crippen molar-refractivity contribution in [1.82, 2.24) is 5.32 Å². The molecule has 1 amide bonds. The van der Waals surface area contributed by atoms with Crippen molar-refractivity contribution in [2.75, 3.05) is 18.8 Å². The van der Waals surface area contributed by atoms with Crippen LogP contribution in [0.15, 0.2) is 29.2 Å². The molecule has 0 heterocycles. The summed E-state index contributed by atoms with van der Waals surface area (Å²) in [6.07, 6.45) is 0.507. The van der Waals surface area contributed by atoms with Crippen molar-refractivity contribution >= 4 is 29.3 Å². The molecule has 0 aliphatic rings. The number of benzene rings is 1. The van der Waals surface area contributed by atoms with Crippen LogP contribution in [-0.2, 0) is 4.79 Å². The van der Waals surface area contributed by atoms with E-state index in [1.807, 2.05) is 24.3 Å². The number of nitrogens with two attached hydrogens (primary N) is 1. The van der Waals surface area contributed by atoms with Crippen LogP contribution in [0.1, 0.15) is 6.42 Å². The molecule has 0 saturated heterocycles. The van der Waals surface area contributed by atoms with Crippen molar-refractivity contribution < 1.29 is 4.79 Å². The fourth-order valence-corrected chi connectivity index (χ4v) is 2.07. The quantitative estimate of drug-likeness (QED) is 0.767. The van der Waals surface area contributed by atoms with Gasteiger partial charge in [0.1, 0.15) is 0 Å². The van der Waals surface area contributed by atoms with E-state index < -0.39 is 0 Å². The Hall–Kier alpha value is -0.710. The van der Waals surface area contributed by atoms with Crippen molar-refractivity contribution in [3.63, 3.8) is 0 Å². The second kappa shape index (κ2) is 7.54. The first kappa shape index (κ1) is 13.4. The van der Waals surface area contributed by atoms with Gasteiger partial charge in [-0.05, 0) is 24.3 Å². The predicted molar refractivity (Wildman–Crippen MR) is 68.9 cm³/mol. The van der Waals surface area contributed by atoms with E-state index in [1.165, 1.54) is 0 Å². The van der Waals surface area contributed by atoms with Gasteiger partial charge in [0, 0.05) is 35.2 Å². The Kier molecular flexibility index (Phi) is 6.30. The highest BCUT2D eigenvalue weighted by Crippen LogP contribution is 2.20. The molecule has 0 saturated carbocycles. The topological polar surface area (TPSA) is 55.1 Å². The molecule has 1 aromatic rings. The van der Waals surface area contributed by atoms with Crippen LogP contribution in [0.25, 0.3) is 0 Å². The third-order valence-electron chi connectivity index (χ3n) is 1.88. The van der Waals surface area contributed by atoms with Crippen LogP contribution < -0.4 is 11.1 Å². The summed E-state index contributed by atoms with van der Waals surface area (Å²) in [5.41, 5.74) is 5.28. The summed E-state index contributed by atoms with van der Waals surface area (Å²) in [4.78, 5) is 12.4. The molecule has 0 spiro atoms. The molecular weight excluding hydrogens is 244 g/mol. The van der Waals surface area contributed by atoms with Crippen LogP contribution >= 0.6 is 23.4 Å². The minimum absolute atomic E-state index is 0.0481. The van der Waals surface area contributed by atoms with Gasteiger partial charge in [0.2, 0.25) is 5.91 Å². The van der Waals surface area contributed by atoms with E-state index in [0.29, 0.717) is 19.5 Å². The molecule has 0 aliphatic heterocycles. The van der Waals surface area contributed by atoms with Crippen LogP contribution in [0.2, 0.25) is 5.02 Å². The lowest BCUT2D eigenvalue weighted by Crippen LogP contribution is -2.29. The Morgan fingerprint density at radius 2 is 2.06 bits per heavy atom. The molecule has 3 N–H and O–H groups in total. The van der Waals surface area contributed by atoms with Gasteiger partial charge in [-0.15, -0.1) is 11.8 Å². The fraction of sp³-hybridized carbons (Fsp3) is 0.364. The van der Waals surface area contributed by atoms with Crippen molar-refractivity contribution in [2.24, 2.45) is 5.73 Å². The zero-order chi connectivity index (χ0) is 11.8. The summed E-state index contributed by atoms with van der Waals surface area (Å²) in [5, 5.41) is 3.46. The first-order chi connectivity index (χ1) is 7.72. The van der Waals surface area contributed by atoms with Crippen LogP contribution in [0, 0.1) is 0 Å². The maximum absolute atomic E-state index is 11.2. The Morgan fingerprint density at radius 1 is 1.38 bits per heavy atom. The third kappa shape index (κ3) is 5.39. The second-order valence-corrected chi connectivity index (χ2v) is 4.80. The molecule has 16 heavy (non-hydrogen) atoms. The van der Waals surface area contributed by atoms with E-state index in [0.717, 1.165) is 15.7 Å². The first-order valence-corrected chi connectivity index (χ1v) is 6.44. The number of nitrogens with one attached hydrogen (secondary N) is 1. The van der Waals surface area contributed by atoms with E-state index >= 15 is 0 Å². The minimum Gasteiger partial charge on any atom is -0.355 e. The van der Waals surface area contributed by atoms with Crippen molar-refractivity contribution in [3.05, 3.63) is 29.3 Å². The van der Waals surface area contributed by atoms with Crippen molar-refractivity contribution in [2.45, 2.75) is 11.3 Å². The Balaban J connectivity index is 2.20. The highest BCUT2D eigenvalue weighted by molar-refractivity contribution is 7.99. The van der Waals surface area contributed by atoms with E-state index in [9.17, 15) is 4.79 Å². The van der Waals surface area contributed by atoms with Crippen molar-refractivity contribution in [1.29, 1.82) is 0 Å². The van der Waals surface area contributed by atoms with Gasteiger partial charge in [0.15, 0.2) is 0 Å². The molecule has 0 bridgehead atoms. The maximum Gasteiger partial charge on any atom is 0.220 e. The van der Waals surface area contributed by atoms with Gasteiger partial charge in [-0.3, -0.25) is 4.79 Å². The molecule has 3 nitrogen and oxygen atoms in total. The highest BCUT2D eigenvalue weighted by Gasteiger charge is 2.00. The summed E-state index contributed by atoms with van der Waals surface area (Å²) < 4.78 is 0. The Morgan fingerprint density at radius 3 is 2.69 bits per heavy atom. The molecule has 1 rings (SSSR count). The minimum atomic E-state index is 0.0481. The van der Waals surface area contributed by atoms with Crippen molar-refractivity contribution in [3.8, 4) is 0 Å². The largest absolute Gasteiger partial charge is 0.355 e. The lowest BCUT2D eigenvalue weighted by molar-refractivity contribution is -0.120. The number of hydrogen-bond acceptors (Lipinski definition) is 3. The molecule has 5 heteroatoms. The molecule has 1 aromatic carbocycles. The van der Waals surface area contributed by atoms with Crippen LogP contribution in [0.5, 0.6) is 0 Å². The molecular formula is C11H15ClN2OS. The average molecular weight is 259 g/mol. The molecule has 88 valence electrons. The van der Waals surface area contributed by atoms with Gasteiger partial charge < -0.3 is 11.1 Å². The first-order valence-electron chi connectivity index (χ1n) is 5.07. The fourth-order valence-electron chi connectivity index (χ4n) is 1.09. The van der Waals surface area contributed by atoms with Gasteiger partial charge in [-0.2, -0.15) is 0 Å². The Bertz CT molecular complexity index is 329. The predicted octanol–water partition coefficient (Wildman–Crippen LogP) is 1.90. The lowest BCUT2D eigenvalue weighted by atomic mass is 10.4. The second-order valence-electron chi connectivity index (χ2n) is 3.19. The summed E-state index contributed by atoms with van der Waals surface area (Å²) >= 11 is 7.41. The van der Waals surface area contributed by atoms with Gasteiger partial charge in [-0.25, -0.2) is 0 Å². The standard InChI is InChI=1S/C11H15ClN2OS/c12-9-1-3-10(4-2-9)16-8-5-11(15)14-7-6-13/h1-4H,5-8,13H2,(H,14,15). The molecule has 0 aliphatic carbocycles. The zero-order valence-corrected chi connectivity index (χ0v) is 10.5. The van der Waals surface area contributed by atoms with E-state index in [1.54, 1.807) is 11.8 Å².